The average molecular weight is 643 g/mol. The van der Waals surface area contributed by atoms with Crippen LogP contribution in [0.5, 0.6) is 0 Å². The third-order valence-corrected chi connectivity index (χ3v) is 8.99. The standard InChI is InChI=1S/C36H33Cl2N3O4/c1-23-31(20-41-22-40-33(37)34(41)38)44-36(45-32(23)26-13-11-24(21-42)12-14-26)28-17-15-25(16-18-28)30-10-6-5-9-29(30)19-39-35(43)27-7-3-2-4-8-27/h2-18,22-23,31-32,36,42H,19-21H2,1H3,(H,39,43)/t23-,31+,32+,36+/m0/s1. The Balaban J connectivity index is 1.24. The number of hydrogen-bond donors (Lipinski definition) is 2. The molecule has 9 heteroatoms. The van der Waals surface area contributed by atoms with Gasteiger partial charge in [0.15, 0.2) is 11.4 Å². The fourth-order valence-electron chi connectivity index (χ4n) is 5.64. The number of amides is 1. The molecule has 7 nitrogen and oxygen atoms in total. The van der Waals surface area contributed by atoms with Crippen molar-refractivity contribution in [2.24, 2.45) is 5.92 Å². The third kappa shape index (κ3) is 6.98. The molecule has 0 spiro atoms. The lowest BCUT2D eigenvalue weighted by Crippen LogP contribution is -2.39. The molecule has 6 rings (SSSR count). The van der Waals surface area contributed by atoms with Gasteiger partial charge in [-0.3, -0.25) is 4.79 Å². The van der Waals surface area contributed by atoms with E-state index < -0.39 is 6.29 Å². The highest BCUT2D eigenvalue weighted by atomic mass is 35.5. The Morgan fingerprint density at radius 1 is 0.889 bits per heavy atom. The van der Waals surface area contributed by atoms with E-state index in [1.54, 1.807) is 23.0 Å². The number of ether oxygens (including phenoxy) is 2. The Morgan fingerprint density at radius 2 is 1.58 bits per heavy atom. The van der Waals surface area contributed by atoms with E-state index in [0.29, 0.717) is 23.8 Å². The van der Waals surface area contributed by atoms with E-state index in [1.165, 1.54) is 0 Å². The van der Waals surface area contributed by atoms with Crippen LogP contribution in [0.15, 0.2) is 109 Å². The number of hydrogen-bond acceptors (Lipinski definition) is 5. The number of nitrogens with one attached hydrogen (secondary N) is 1. The number of aliphatic hydroxyl groups excluding tert-OH is 1. The normalized spacial score (nSPS) is 19.7. The predicted octanol–water partition coefficient (Wildman–Crippen LogP) is 7.77. The van der Waals surface area contributed by atoms with Crippen LogP contribution in [-0.4, -0.2) is 26.7 Å². The van der Waals surface area contributed by atoms with Crippen LogP contribution in [-0.2, 0) is 29.2 Å². The van der Waals surface area contributed by atoms with Crippen molar-refractivity contribution in [3.63, 3.8) is 0 Å². The Labute approximate surface area is 272 Å². The van der Waals surface area contributed by atoms with Crippen molar-refractivity contribution < 1.29 is 19.4 Å². The zero-order valence-corrected chi connectivity index (χ0v) is 26.2. The highest BCUT2D eigenvalue weighted by molar-refractivity contribution is 6.40. The monoisotopic (exact) mass is 641 g/mol. The number of aromatic nitrogens is 2. The van der Waals surface area contributed by atoms with Crippen LogP contribution >= 0.6 is 23.2 Å². The van der Waals surface area contributed by atoms with Crippen LogP contribution in [0.1, 0.15) is 51.9 Å². The smallest absolute Gasteiger partial charge is 0.251 e. The Hall–Kier alpha value is -3.98. The highest BCUT2D eigenvalue weighted by Gasteiger charge is 2.39. The summed E-state index contributed by atoms with van der Waals surface area (Å²) in [6.45, 7) is 2.92. The van der Waals surface area contributed by atoms with E-state index in [2.05, 4.69) is 23.3 Å². The van der Waals surface area contributed by atoms with E-state index in [9.17, 15) is 9.90 Å². The molecule has 2 N–H and O–H groups in total. The van der Waals surface area contributed by atoms with Gasteiger partial charge in [0.25, 0.3) is 5.91 Å². The van der Waals surface area contributed by atoms with Crippen LogP contribution in [0.2, 0.25) is 10.3 Å². The first-order valence-corrected chi connectivity index (χ1v) is 15.5. The molecular weight excluding hydrogens is 609 g/mol. The zero-order valence-electron chi connectivity index (χ0n) is 24.6. The molecule has 45 heavy (non-hydrogen) atoms. The van der Waals surface area contributed by atoms with Gasteiger partial charge >= 0.3 is 0 Å². The van der Waals surface area contributed by atoms with Crippen molar-refractivity contribution in [2.45, 2.75) is 45.1 Å². The molecule has 4 aromatic carbocycles. The minimum atomic E-state index is -0.638. The number of carbonyl (C=O) groups is 1. The highest BCUT2D eigenvalue weighted by Crippen LogP contribution is 2.42. The maximum absolute atomic E-state index is 12.7. The second-order valence-corrected chi connectivity index (χ2v) is 11.8. The van der Waals surface area contributed by atoms with Gasteiger partial charge in [0.2, 0.25) is 0 Å². The maximum atomic E-state index is 12.7. The molecule has 0 aliphatic carbocycles. The van der Waals surface area contributed by atoms with E-state index in [1.807, 2.05) is 84.9 Å². The molecular formula is C36H33Cl2N3O4. The predicted molar refractivity (Wildman–Crippen MR) is 175 cm³/mol. The van der Waals surface area contributed by atoms with Gasteiger partial charge in [0.1, 0.15) is 5.15 Å². The van der Waals surface area contributed by atoms with Crippen LogP contribution in [0.25, 0.3) is 11.1 Å². The van der Waals surface area contributed by atoms with Crippen molar-refractivity contribution in [1.82, 2.24) is 14.9 Å². The first-order valence-electron chi connectivity index (χ1n) is 14.8. The molecule has 230 valence electrons. The van der Waals surface area contributed by atoms with Crippen LogP contribution in [0.4, 0.5) is 0 Å². The zero-order chi connectivity index (χ0) is 31.3. The largest absolute Gasteiger partial charge is 0.392 e. The molecule has 1 aliphatic heterocycles. The van der Waals surface area contributed by atoms with Crippen molar-refractivity contribution in [3.05, 3.63) is 148 Å². The quantitative estimate of drug-likeness (QED) is 0.172. The van der Waals surface area contributed by atoms with Crippen molar-refractivity contribution in [1.29, 1.82) is 0 Å². The first-order chi connectivity index (χ1) is 21.9. The number of aliphatic hydroxyl groups is 1. The Bertz CT molecular complexity index is 1740. The van der Waals surface area contributed by atoms with Crippen LogP contribution in [0.3, 0.4) is 0 Å². The van der Waals surface area contributed by atoms with Crippen molar-refractivity contribution in [2.75, 3.05) is 0 Å². The second kappa shape index (κ2) is 14.0. The number of halogens is 2. The molecule has 1 aliphatic rings. The van der Waals surface area contributed by atoms with Gasteiger partial charge in [-0.25, -0.2) is 4.98 Å². The molecule has 1 amide bonds. The number of benzene rings is 4. The van der Waals surface area contributed by atoms with Crippen molar-refractivity contribution in [3.8, 4) is 11.1 Å². The lowest BCUT2D eigenvalue weighted by atomic mass is 9.90. The summed E-state index contributed by atoms with van der Waals surface area (Å²) in [6.07, 6.45) is 0.446. The number of imidazole rings is 1. The minimum absolute atomic E-state index is 0.0233. The van der Waals surface area contributed by atoms with E-state index >= 15 is 0 Å². The number of carbonyl (C=O) groups excluding carboxylic acids is 1. The lowest BCUT2D eigenvalue weighted by molar-refractivity contribution is -0.276. The summed E-state index contributed by atoms with van der Waals surface area (Å²) in [5.74, 6) is -0.147. The fourth-order valence-corrected chi connectivity index (χ4v) is 5.95. The third-order valence-electron chi connectivity index (χ3n) is 8.22. The summed E-state index contributed by atoms with van der Waals surface area (Å²) in [4.78, 5) is 16.8. The molecule has 1 fully saturated rings. The summed E-state index contributed by atoms with van der Waals surface area (Å²) in [6, 6.07) is 33.1. The molecule has 1 aromatic heterocycles. The Morgan fingerprint density at radius 3 is 2.27 bits per heavy atom. The van der Waals surface area contributed by atoms with E-state index in [4.69, 9.17) is 32.7 Å². The topological polar surface area (TPSA) is 85.6 Å². The molecule has 0 bridgehead atoms. The summed E-state index contributed by atoms with van der Waals surface area (Å²) < 4.78 is 15.0. The van der Waals surface area contributed by atoms with Crippen LogP contribution in [0, 0.1) is 5.92 Å². The van der Waals surface area contributed by atoms with Gasteiger partial charge in [0, 0.05) is 23.6 Å². The Kier molecular flexibility index (Phi) is 9.64. The number of rotatable bonds is 9. The molecule has 0 radical (unpaired) electrons. The van der Waals surface area contributed by atoms with Crippen molar-refractivity contribution >= 4 is 29.1 Å². The van der Waals surface area contributed by atoms with Gasteiger partial charge in [-0.2, -0.15) is 0 Å². The first kappa shape index (κ1) is 31.0. The molecule has 2 heterocycles. The van der Waals surface area contributed by atoms with Crippen LogP contribution < -0.4 is 5.32 Å². The molecule has 4 atom stereocenters. The molecule has 0 unspecified atom stereocenters. The molecule has 5 aromatic rings. The van der Waals surface area contributed by atoms with E-state index in [-0.39, 0.29) is 35.8 Å². The minimum Gasteiger partial charge on any atom is -0.392 e. The SMILES string of the molecule is C[C@H]1[C@@H](Cn2cnc(Cl)c2Cl)O[C@@H](c2ccc(-c3ccccc3CNC(=O)c3ccccc3)cc2)O[C@H]1c1ccc(CO)cc1. The molecule has 1 saturated heterocycles. The summed E-state index contributed by atoms with van der Waals surface area (Å²) in [5.41, 5.74) is 6.38. The second-order valence-electron chi connectivity index (χ2n) is 11.1. The summed E-state index contributed by atoms with van der Waals surface area (Å²) in [7, 11) is 0. The van der Waals surface area contributed by atoms with Gasteiger partial charge in [-0.05, 0) is 39.9 Å². The van der Waals surface area contributed by atoms with Gasteiger partial charge in [0.05, 0.1) is 31.7 Å². The fraction of sp³-hybridized carbons (Fsp3) is 0.222. The molecule has 0 saturated carbocycles. The maximum Gasteiger partial charge on any atom is 0.251 e. The summed E-state index contributed by atoms with van der Waals surface area (Å²) >= 11 is 12.5. The van der Waals surface area contributed by atoms with Gasteiger partial charge in [-0.1, -0.05) is 121 Å². The van der Waals surface area contributed by atoms with Gasteiger partial charge < -0.3 is 24.5 Å². The van der Waals surface area contributed by atoms with Gasteiger partial charge in [-0.15, -0.1) is 0 Å². The average Bonchev–Trinajstić information content (AvgIpc) is 3.41. The summed E-state index contributed by atoms with van der Waals surface area (Å²) in [5, 5.41) is 13.2. The lowest BCUT2D eigenvalue weighted by Gasteiger charge is -2.41. The van der Waals surface area contributed by atoms with E-state index in [0.717, 1.165) is 33.4 Å². The number of nitrogens with zero attached hydrogens (tertiary/aromatic N) is 2.